The molecule has 0 radical (unpaired) electrons. The molecule has 23 heavy (non-hydrogen) atoms. The summed E-state index contributed by atoms with van der Waals surface area (Å²) in [6.07, 6.45) is 1.06. The van der Waals surface area contributed by atoms with E-state index in [1.165, 1.54) is 24.3 Å². The molecule has 0 unspecified atom stereocenters. The number of nitriles is 1. The molecule has 0 fully saturated rings. The first-order chi connectivity index (χ1) is 10.7. The SMILES string of the molecule is CS(=O)(=O)c1cccc(Nc2nc(Cl)cc(C#N)c2C(=O)O)c1. The molecule has 2 N–H and O–H groups in total. The van der Waals surface area contributed by atoms with E-state index >= 15 is 0 Å². The van der Waals surface area contributed by atoms with Gasteiger partial charge in [-0.2, -0.15) is 5.26 Å². The third-order valence-corrected chi connectivity index (χ3v) is 4.15. The highest BCUT2D eigenvalue weighted by molar-refractivity contribution is 7.90. The van der Waals surface area contributed by atoms with Crippen LogP contribution in [0.3, 0.4) is 0 Å². The van der Waals surface area contributed by atoms with E-state index in [1.54, 1.807) is 6.07 Å². The molecule has 0 saturated carbocycles. The molecule has 2 rings (SSSR count). The molecule has 0 saturated heterocycles. The Hall–Kier alpha value is -2.63. The van der Waals surface area contributed by atoms with Crippen LogP contribution in [0.1, 0.15) is 15.9 Å². The first-order valence-corrected chi connectivity index (χ1v) is 8.40. The van der Waals surface area contributed by atoms with Crippen molar-refractivity contribution in [3.8, 4) is 6.07 Å². The molecule has 1 heterocycles. The van der Waals surface area contributed by atoms with Crippen LogP contribution in [0.4, 0.5) is 11.5 Å². The highest BCUT2D eigenvalue weighted by Gasteiger charge is 2.19. The van der Waals surface area contributed by atoms with Gasteiger partial charge in [0.25, 0.3) is 0 Å². The number of hydrogen-bond donors (Lipinski definition) is 2. The fourth-order valence-corrected chi connectivity index (χ4v) is 2.71. The molecule has 118 valence electrons. The number of nitrogens with one attached hydrogen (secondary N) is 1. The van der Waals surface area contributed by atoms with E-state index in [4.69, 9.17) is 16.9 Å². The monoisotopic (exact) mass is 351 g/mol. The maximum absolute atomic E-state index is 11.6. The molecule has 9 heteroatoms. The molecule has 7 nitrogen and oxygen atoms in total. The summed E-state index contributed by atoms with van der Waals surface area (Å²) >= 11 is 5.78. The summed E-state index contributed by atoms with van der Waals surface area (Å²) in [6, 6.07) is 8.65. The summed E-state index contributed by atoms with van der Waals surface area (Å²) in [5.41, 5.74) is -0.199. The van der Waals surface area contributed by atoms with Crippen molar-refractivity contribution in [3.05, 3.63) is 46.6 Å². The van der Waals surface area contributed by atoms with Crippen LogP contribution in [0.15, 0.2) is 35.2 Å². The van der Waals surface area contributed by atoms with Crippen molar-refractivity contribution < 1.29 is 18.3 Å². The van der Waals surface area contributed by atoms with Crippen LogP contribution in [0.25, 0.3) is 0 Å². The van der Waals surface area contributed by atoms with Crippen molar-refractivity contribution >= 4 is 38.9 Å². The van der Waals surface area contributed by atoms with Gasteiger partial charge in [-0.1, -0.05) is 17.7 Å². The molecular formula is C14H10ClN3O4S. The van der Waals surface area contributed by atoms with Gasteiger partial charge in [-0.05, 0) is 24.3 Å². The lowest BCUT2D eigenvalue weighted by Gasteiger charge is -2.11. The molecule has 0 spiro atoms. The summed E-state index contributed by atoms with van der Waals surface area (Å²) in [5, 5.41) is 20.9. The second-order valence-corrected chi connectivity index (χ2v) is 6.96. The van der Waals surface area contributed by atoms with Gasteiger partial charge in [-0.25, -0.2) is 18.2 Å². The van der Waals surface area contributed by atoms with E-state index in [9.17, 15) is 18.3 Å². The van der Waals surface area contributed by atoms with Crippen LogP contribution >= 0.6 is 11.6 Å². The minimum Gasteiger partial charge on any atom is -0.478 e. The molecule has 0 bridgehead atoms. The summed E-state index contributed by atoms with van der Waals surface area (Å²) in [6.45, 7) is 0. The second kappa shape index (κ2) is 6.24. The number of carboxylic acids is 1. The zero-order valence-electron chi connectivity index (χ0n) is 11.7. The molecule has 1 aromatic heterocycles. The van der Waals surface area contributed by atoms with Crippen LogP contribution in [-0.2, 0) is 9.84 Å². The number of aromatic nitrogens is 1. The molecule has 0 amide bonds. The van der Waals surface area contributed by atoms with Crippen molar-refractivity contribution in [1.29, 1.82) is 5.26 Å². The van der Waals surface area contributed by atoms with Crippen LogP contribution in [0.2, 0.25) is 5.15 Å². The standard InChI is InChI=1S/C14H10ClN3O4S/c1-23(21,22)10-4-2-3-9(6-10)17-13-12(14(19)20)8(7-16)5-11(15)18-13/h2-6H,1H3,(H,17,18)(H,19,20). The van der Waals surface area contributed by atoms with Crippen molar-refractivity contribution in [2.24, 2.45) is 0 Å². The zero-order valence-corrected chi connectivity index (χ0v) is 13.3. The third-order valence-electron chi connectivity index (χ3n) is 2.85. The molecule has 2 aromatic rings. The lowest BCUT2D eigenvalue weighted by Crippen LogP contribution is -2.08. The van der Waals surface area contributed by atoms with Gasteiger partial charge in [-0.3, -0.25) is 0 Å². The van der Waals surface area contributed by atoms with Gasteiger partial charge in [-0.15, -0.1) is 0 Å². The minimum absolute atomic E-state index is 0.0573. The highest BCUT2D eigenvalue weighted by Crippen LogP contribution is 2.26. The van der Waals surface area contributed by atoms with Gasteiger partial charge in [0, 0.05) is 11.9 Å². The normalized spacial score (nSPS) is 10.8. The largest absolute Gasteiger partial charge is 0.478 e. The summed E-state index contributed by atoms with van der Waals surface area (Å²) < 4.78 is 23.1. The number of aromatic carboxylic acids is 1. The van der Waals surface area contributed by atoms with Gasteiger partial charge >= 0.3 is 5.97 Å². The van der Waals surface area contributed by atoms with Crippen molar-refractivity contribution in [2.75, 3.05) is 11.6 Å². The Bertz CT molecular complexity index is 936. The number of benzene rings is 1. The Morgan fingerprint density at radius 2 is 2.09 bits per heavy atom. The van der Waals surface area contributed by atoms with E-state index in [2.05, 4.69) is 10.3 Å². The predicted molar refractivity (Wildman–Crippen MR) is 83.8 cm³/mol. The maximum Gasteiger partial charge on any atom is 0.340 e. The van der Waals surface area contributed by atoms with E-state index < -0.39 is 15.8 Å². The van der Waals surface area contributed by atoms with Gasteiger partial charge in [0.1, 0.15) is 22.6 Å². The Kier molecular flexibility index (Phi) is 4.54. The van der Waals surface area contributed by atoms with E-state index in [-0.39, 0.29) is 27.0 Å². The number of hydrogen-bond acceptors (Lipinski definition) is 6. The van der Waals surface area contributed by atoms with Gasteiger partial charge in [0.05, 0.1) is 10.5 Å². The molecule has 0 atom stereocenters. The number of nitrogens with zero attached hydrogens (tertiary/aromatic N) is 2. The van der Waals surface area contributed by atoms with Gasteiger partial charge in [0.2, 0.25) is 0 Å². The smallest absolute Gasteiger partial charge is 0.340 e. The molecule has 0 aliphatic rings. The average molecular weight is 352 g/mol. The number of carboxylic acid groups (broad SMARTS) is 1. The van der Waals surface area contributed by atoms with Gasteiger partial charge < -0.3 is 10.4 Å². The Morgan fingerprint density at radius 3 is 2.65 bits per heavy atom. The predicted octanol–water partition coefficient (Wildman–Crippen LogP) is 2.45. The lowest BCUT2D eigenvalue weighted by atomic mass is 10.1. The maximum atomic E-state index is 11.6. The molecule has 1 aromatic carbocycles. The number of anilines is 2. The average Bonchev–Trinajstić information content (AvgIpc) is 2.45. The van der Waals surface area contributed by atoms with E-state index in [0.29, 0.717) is 5.69 Å². The first-order valence-electron chi connectivity index (χ1n) is 6.13. The van der Waals surface area contributed by atoms with Crippen LogP contribution < -0.4 is 5.32 Å². The van der Waals surface area contributed by atoms with E-state index in [0.717, 1.165) is 12.3 Å². The van der Waals surface area contributed by atoms with Crippen molar-refractivity contribution in [2.45, 2.75) is 4.90 Å². The Morgan fingerprint density at radius 1 is 1.39 bits per heavy atom. The fourth-order valence-electron chi connectivity index (χ4n) is 1.85. The topological polar surface area (TPSA) is 120 Å². The Balaban J connectivity index is 2.55. The summed E-state index contributed by atoms with van der Waals surface area (Å²) in [4.78, 5) is 15.3. The number of carbonyl (C=O) groups is 1. The van der Waals surface area contributed by atoms with Crippen molar-refractivity contribution in [3.63, 3.8) is 0 Å². The first kappa shape index (κ1) is 16.7. The molecule has 0 aliphatic heterocycles. The fraction of sp³-hybridized carbons (Fsp3) is 0.0714. The second-order valence-electron chi connectivity index (χ2n) is 4.56. The number of pyridine rings is 1. The molecular weight excluding hydrogens is 342 g/mol. The quantitative estimate of drug-likeness (QED) is 0.811. The minimum atomic E-state index is -3.42. The highest BCUT2D eigenvalue weighted by atomic mass is 35.5. The molecule has 0 aliphatic carbocycles. The number of rotatable bonds is 4. The van der Waals surface area contributed by atoms with Crippen LogP contribution in [0.5, 0.6) is 0 Å². The van der Waals surface area contributed by atoms with Gasteiger partial charge in [0.15, 0.2) is 9.84 Å². The van der Waals surface area contributed by atoms with E-state index in [1.807, 2.05) is 0 Å². The summed E-state index contributed by atoms with van der Waals surface area (Å²) in [5.74, 6) is -1.50. The number of sulfone groups is 1. The summed E-state index contributed by atoms with van der Waals surface area (Å²) in [7, 11) is -3.42. The van der Waals surface area contributed by atoms with Crippen molar-refractivity contribution in [1.82, 2.24) is 4.98 Å². The number of halogens is 1. The zero-order chi connectivity index (χ0) is 17.2. The Labute approximate surface area is 137 Å². The lowest BCUT2D eigenvalue weighted by molar-refractivity contribution is 0.0697. The third kappa shape index (κ3) is 3.77. The van der Waals surface area contributed by atoms with Crippen LogP contribution in [0, 0.1) is 11.3 Å². The van der Waals surface area contributed by atoms with Crippen LogP contribution in [-0.4, -0.2) is 30.7 Å².